The normalized spacial score (nSPS) is 10.7. The summed E-state index contributed by atoms with van der Waals surface area (Å²) in [5.74, 6) is 4.87. The zero-order chi connectivity index (χ0) is 8.27. The molecule has 0 aromatic heterocycles. The smallest absolute Gasteiger partial charge is 0.106 e. The molecule has 0 atom stereocenters. The van der Waals surface area contributed by atoms with Gasteiger partial charge in [0.1, 0.15) is 5.69 Å². The standard InChI is InChI=1S/C7H8ClN3/c1-5-2-3-7(10-11-9)6(8)4-5/h2-4H,1H3,(H2,9,10). The van der Waals surface area contributed by atoms with Gasteiger partial charge in [-0.05, 0) is 24.6 Å². The summed E-state index contributed by atoms with van der Waals surface area (Å²) in [6.45, 7) is 1.95. The maximum Gasteiger partial charge on any atom is 0.106 e. The molecule has 11 heavy (non-hydrogen) atoms. The van der Waals surface area contributed by atoms with Gasteiger partial charge in [0.25, 0.3) is 0 Å². The predicted molar refractivity (Wildman–Crippen MR) is 44.9 cm³/mol. The molecule has 0 saturated carbocycles. The van der Waals surface area contributed by atoms with E-state index >= 15 is 0 Å². The van der Waals surface area contributed by atoms with Crippen molar-refractivity contribution in [2.24, 2.45) is 16.2 Å². The molecule has 0 amide bonds. The summed E-state index contributed by atoms with van der Waals surface area (Å²) in [5.41, 5.74) is 1.69. The second-order valence-corrected chi connectivity index (χ2v) is 2.58. The lowest BCUT2D eigenvalue weighted by molar-refractivity contribution is 1.06. The maximum atomic E-state index is 5.80. The molecule has 3 nitrogen and oxygen atoms in total. The Bertz CT molecular complexity index is 283. The van der Waals surface area contributed by atoms with Crippen LogP contribution in [0.1, 0.15) is 5.56 Å². The van der Waals surface area contributed by atoms with Crippen molar-refractivity contribution in [2.75, 3.05) is 0 Å². The lowest BCUT2D eigenvalue weighted by atomic mass is 10.2. The highest BCUT2D eigenvalue weighted by Gasteiger charge is 1.96. The Morgan fingerprint density at radius 2 is 2.18 bits per heavy atom. The lowest BCUT2D eigenvalue weighted by Crippen LogP contribution is -1.76. The molecule has 1 aromatic carbocycles. The van der Waals surface area contributed by atoms with E-state index in [9.17, 15) is 0 Å². The molecule has 1 rings (SSSR count). The Balaban J connectivity index is 3.09. The molecular weight excluding hydrogens is 162 g/mol. The van der Waals surface area contributed by atoms with E-state index in [-0.39, 0.29) is 0 Å². The number of hydrogen-bond acceptors (Lipinski definition) is 2. The molecule has 0 bridgehead atoms. The summed E-state index contributed by atoms with van der Waals surface area (Å²) in [7, 11) is 0. The van der Waals surface area contributed by atoms with Crippen molar-refractivity contribution in [1.82, 2.24) is 0 Å². The average molecular weight is 170 g/mol. The minimum absolute atomic E-state index is 0.569. The van der Waals surface area contributed by atoms with Gasteiger partial charge in [0.15, 0.2) is 0 Å². The minimum atomic E-state index is 0.569. The van der Waals surface area contributed by atoms with E-state index < -0.39 is 0 Å². The van der Waals surface area contributed by atoms with Crippen molar-refractivity contribution in [3.05, 3.63) is 28.8 Å². The minimum Gasteiger partial charge on any atom is -0.305 e. The van der Waals surface area contributed by atoms with Crippen molar-refractivity contribution in [3.8, 4) is 0 Å². The topological polar surface area (TPSA) is 50.7 Å². The molecule has 1 aromatic rings. The number of halogens is 1. The molecule has 4 heteroatoms. The van der Waals surface area contributed by atoms with Crippen LogP contribution in [0.25, 0.3) is 0 Å². The lowest BCUT2D eigenvalue weighted by Gasteiger charge is -1.96. The summed E-state index contributed by atoms with van der Waals surface area (Å²) >= 11 is 5.80. The van der Waals surface area contributed by atoms with Crippen LogP contribution in [-0.4, -0.2) is 0 Å². The van der Waals surface area contributed by atoms with Gasteiger partial charge in [-0.15, -0.1) is 5.11 Å². The molecule has 0 spiro atoms. The third-order valence-electron chi connectivity index (χ3n) is 1.27. The highest BCUT2D eigenvalue weighted by Crippen LogP contribution is 2.25. The first-order valence-electron chi connectivity index (χ1n) is 3.11. The van der Waals surface area contributed by atoms with Crippen LogP contribution in [0.4, 0.5) is 5.69 Å². The second kappa shape index (κ2) is 3.34. The third-order valence-corrected chi connectivity index (χ3v) is 1.57. The van der Waals surface area contributed by atoms with Crippen LogP contribution in [0.5, 0.6) is 0 Å². The van der Waals surface area contributed by atoms with Crippen LogP contribution in [0, 0.1) is 6.92 Å². The van der Waals surface area contributed by atoms with Gasteiger partial charge in [0.05, 0.1) is 5.02 Å². The van der Waals surface area contributed by atoms with Crippen molar-refractivity contribution in [1.29, 1.82) is 0 Å². The average Bonchev–Trinajstić information content (AvgIpc) is 1.95. The van der Waals surface area contributed by atoms with E-state index in [2.05, 4.69) is 10.3 Å². The number of hydrogen-bond donors (Lipinski definition) is 1. The van der Waals surface area contributed by atoms with E-state index in [4.69, 9.17) is 17.4 Å². The van der Waals surface area contributed by atoms with Gasteiger partial charge in [-0.25, -0.2) is 0 Å². The first-order chi connectivity index (χ1) is 5.24. The number of rotatable bonds is 1. The number of nitrogens with two attached hydrogens (primary N) is 1. The Kier molecular flexibility index (Phi) is 2.44. The highest BCUT2D eigenvalue weighted by molar-refractivity contribution is 6.33. The van der Waals surface area contributed by atoms with Crippen molar-refractivity contribution < 1.29 is 0 Å². The summed E-state index contributed by atoms with van der Waals surface area (Å²) in [6, 6.07) is 5.48. The Hall–Kier alpha value is -1.09. The van der Waals surface area contributed by atoms with E-state index in [0.29, 0.717) is 10.7 Å². The Morgan fingerprint density at radius 1 is 1.45 bits per heavy atom. The summed E-state index contributed by atoms with van der Waals surface area (Å²) in [6.07, 6.45) is 0. The van der Waals surface area contributed by atoms with Crippen LogP contribution in [0.3, 0.4) is 0 Å². The maximum absolute atomic E-state index is 5.80. The number of benzene rings is 1. The van der Waals surface area contributed by atoms with E-state index in [1.54, 1.807) is 6.07 Å². The molecule has 0 saturated heterocycles. The van der Waals surface area contributed by atoms with Crippen molar-refractivity contribution >= 4 is 17.3 Å². The fraction of sp³-hybridized carbons (Fsp3) is 0.143. The highest BCUT2D eigenvalue weighted by atomic mass is 35.5. The first-order valence-corrected chi connectivity index (χ1v) is 3.49. The third kappa shape index (κ3) is 1.91. The van der Waals surface area contributed by atoms with Crippen LogP contribution < -0.4 is 5.84 Å². The van der Waals surface area contributed by atoms with Gasteiger partial charge < -0.3 is 5.84 Å². The van der Waals surface area contributed by atoms with Gasteiger partial charge >= 0.3 is 0 Å². The summed E-state index contributed by atoms with van der Waals surface area (Å²) in [5, 5.41) is 7.32. The molecule has 0 aliphatic heterocycles. The van der Waals surface area contributed by atoms with E-state index in [0.717, 1.165) is 5.56 Å². The largest absolute Gasteiger partial charge is 0.305 e. The molecule has 2 N–H and O–H groups in total. The van der Waals surface area contributed by atoms with E-state index in [1.165, 1.54) is 0 Å². The van der Waals surface area contributed by atoms with Gasteiger partial charge in [-0.1, -0.05) is 22.9 Å². The Morgan fingerprint density at radius 3 is 2.73 bits per heavy atom. The first kappa shape index (κ1) is 8.01. The summed E-state index contributed by atoms with van der Waals surface area (Å²) in [4.78, 5) is 0. The van der Waals surface area contributed by atoms with Crippen LogP contribution >= 0.6 is 11.6 Å². The van der Waals surface area contributed by atoms with Crippen LogP contribution in [0.15, 0.2) is 28.5 Å². The molecule has 0 aliphatic carbocycles. The molecule has 0 unspecified atom stereocenters. The molecular formula is C7H8ClN3. The molecule has 0 aliphatic rings. The van der Waals surface area contributed by atoms with Crippen molar-refractivity contribution in [2.45, 2.75) is 6.92 Å². The second-order valence-electron chi connectivity index (χ2n) is 2.17. The van der Waals surface area contributed by atoms with E-state index in [1.807, 2.05) is 19.1 Å². The fourth-order valence-corrected chi connectivity index (χ4v) is 1.03. The quantitative estimate of drug-likeness (QED) is 0.392. The number of aryl methyl sites for hydroxylation is 1. The molecule has 0 fully saturated rings. The molecule has 0 radical (unpaired) electrons. The fourth-order valence-electron chi connectivity index (χ4n) is 0.755. The molecule has 0 heterocycles. The van der Waals surface area contributed by atoms with Gasteiger partial charge in [-0.3, -0.25) is 0 Å². The summed E-state index contributed by atoms with van der Waals surface area (Å²) < 4.78 is 0. The predicted octanol–water partition coefficient (Wildman–Crippen LogP) is 2.61. The molecule has 58 valence electrons. The monoisotopic (exact) mass is 169 g/mol. The SMILES string of the molecule is Cc1ccc(N=NN)c(Cl)c1. The van der Waals surface area contributed by atoms with Gasteiger partial charge in [0, 0.05) is 0 Å². The zero-order valence-corrected chi connectivity index (χ0v) is 6.84. The van der Waals surface area contributed by atoms with Crippen LogP contribution in [-0.2, 0) is 0 Å². The zero-order valence-electron chi connectivity index (χ0n) is 6.08. The van der Waals surface area contributed by atoms with Gasteiger partial charge in [-0.2, -0.15) is 0 Å². The Labute approximate surface area is 69.9 Å². The van der Waals surface area contributed by atoms with Crippen LogP contribution in [0.2, 0.25) is 5.02 Å². The number of nitrogens with zero attached hydrogens (tertiary/aromatic N) is 2. The van der Waals surface area contributed by atoms with Crippen molar-refractivity contribution in [3.63, 3.8) is 0 Å². The van der Waals surface area contributed by atoms with Gasteiger partial charge in [0.2, 0.25) is 0 Å².